The SMILES string of the molecule is CCC1=C[C@H](NC(C)(C)C)[C@@H](c2ccco2)CC(OC)=N1. The maximum absolute atomic E-state index is 5.66. The van der Waals surface area contributed by atoms with Gasteiger partial charge in [-0.25, -0.2) is 4.99 Å². The number of nitrogens with zero attached hydrogens (tertiary/aromatic N) is 1. The van der Waals surface area contributed by atoms with Crippen molar-refractivity contribution in [3.05, 3.63) is 35.9 Å². The van der Waals surface area contributed by atoms with Gasteiger partial charge in [-0.3, -0.25) is 0 Å². The molecular weight excluding hydrogens is 264 g/mol. The quantitative estimate of drug-likeness (QED) is 0.919. The fourth-order valence-electron chi connectivity index (χ4n) is 2.63. The third-order valence-corrected chi connectivity index (χ3v) is 3.57. The summed E-state index contributed by atoms with van der Waals surface area (Å²) in [6.07, 6.45) is 5.56. The number of rotatable bonds is 3. The molecule has 1 aromatic rings. The molecule has 0 spiro atoms. The van der Waals surface area contributed by atoms with Crippen molar-refractivity contribution in [2.24, 2.45) is 4.99 Å². The van der Waals surface area contributed by atoms with Crippen molar-refractivity contribution in [3.63, 3.8) is 0 Å². The molecule has 0 bridgehead atoms. The lowest BCUT2D eigenvalue weighted by Gasteiger charge is -2.31. The van der Waals surface area contributed by atoms with E-state index in [9.17, 15) is 0 Å². The van der Waals surface area contributed by atoms with Crippen LogP contribution in [0.4, 0.5) is 0 Å². The van der Waals surface area contributed by atoms with Gasteiger partial charge in [0.25, 0.3) is 0 Å². The highest BCUT2D eigenvalue weighted by Crippen LogP contribution is 2.30. The zero-order valence-electron chi connectivity index (χ0n) is 13.6. The van der Waals surface area contributed by atoms with Crippen LogP contribution in [-0.4, -0.2) is 24.6 Å². The first-order valence-electron chi connectivity index (χ1n) is 7.56. The van der Waals surface area contributed by atoms with E-state index in [4.69, 9.17) is 9.15 Å². The molecule has 0 fully saturated rings. The third-order valence-electron chi connectivity index (χ3n) is 3.57. The normalized spacial score (nSPS) is 23.3. The Morgan fingerprint density at radius 2 is 2.19 bits per heavy atom. The van der Waals surface area contributed by atoms with Gasteiger partial charge in [-0.1, -0.05) is 6.92 Å². The van der Waals surface area contributed by atoms with Crippen LogP contribution in [0.1, 0.15) is 52.2 Å². The van der Waals surface area contributed by atoms with Gasteiger partial charge in [0.1, 0.15) is 5.76 Å². The summed E-state index contributed by atoms with van der Waals surface area (Å²) in [5.74, 6) is 1.92. The number of ether oxygens (including phenoxy) is 1. The Morgan fingerprint density at radius 1 is 1.43 bits per heavy atom. The molecule has 2 atom stereocenters. The molecule has 1 aliphatic rings. The molecule has 2 rings (SSSR count). The number of hydrogen-bond donors (Lipinski definition) is 1. The maximum Gasteiger partial charge on any atom is 0.188 e. The van der Waals surface area contributed by atoms with E-state index in [1.54, 1.807) is 13.4 Å². The summed E-state index contributed by atoms with van der Waals surface area (Å²) in [5, 5.41) is 3.68. The summed E-state index contributed by atoms with van der Waals surface area (Å²) < 4.78 is 11.1. The summed E-state index contributed by atoms with van der Waals surface area (Å²) in [6.45, 7) is 8.64. The van der Waals surface area contributed by atoms with Crippen LogP contribution >= 0.6 is 0 Å². The number of furan rings is 1. The molecule has 0 aromatic carbocycles. The Labute approximate surface area is 127 Å². The second kappa shape index (κ2) is 6.48. The monoisotopic (exact) mass is 290 g/mol. The van der Waals surface area contributed by atoms with E-state index in [2.05, 4.69) is 44.1 Å². The van der Waals surface area contributed by atoms with Crippen molar-refractivity contribution in [2.45, 2.75) is 58.0 Å². The fraction of sp³-hybridized carbons (Fsp3) is 0.588. The van der Waals surface area contributed by atoms with E-state index >= 15 is 0 Å². The van der Waals surface area contributed by atoms with Gasteiger partial charge < -0.3 is 14.5 Å². The van der Waals surface area contributed by atoms with Crippen LogP contribution in [-0.2, 0) is 4.74 Å². The second-order valence-electron chi connectivity index (χ2n) is 6.47. The summed E-state index contributed by atoms with van der Waals surface area (Å²) in [6, 6.07) is 4.13. The minimum Gasteiger partial charge on any atom is -0.484 e. The lowest BCUT2D eigenvalue weighted by Crippen LogP contribution is -2.45. The lowest BCUT2D eigenvalue weighted by molar-refractivity contribution is 0.323. The van der Waals surface area contributed by atoms with Crippen molar-refractivity contribution < 1.29 is 9.15 Å². The van der Waals surface area contributed by atoms with Crippen molar-refractivity contribution in [1.82, 2.24) is 5.32 Å². The van der Waals surface area contributed by atoms with Gasteiger partial charge in [-0.15, -0.1) is 0 Å². The Morgan fingerprint density at radius 3 is 2.71 bits per heavy atom. The predicted octanol–water partition coefficient (Wildman–Crippen LogP) is 3.86. The van der Waals surface area contributed by atoms with Crippen LogP contribution < -0.4 is 5.32 Å². The van der Waals surface area contributed by atoms with Crippen LogP contribution in [0.15, 0.2) is 39.6 Å². The molecule has 4 heteroatoms. The number of methoxy groups -OCH3 is 1. The Bertz CT molecular complexity index is 509. The first kappa shape index (κ1) is 15.8. The molecule has 0 radical (unpaired) electrons. The highest BCUT2D eigenvalue weighted by atomic mass is 16.5. The smallest absolute Gasteiger partial charge is 0.188 e. The van der Waals surface area contributed by atoms with Crippen LogP contribution in [0.3, 0.4) is 0 Å². The molecule has 1 N–H and O–H groups in total. The number of hydrogen-bond acceptors (Lipinski definition) is 4. The van der Waals surface area contributed by atoms with Crippen LogP contribution in [0, 0.1) is 0 Å². The summed E-state index contributed by atoms with van der Waals surface area (Å²) >= 11 is 0. The van der Waals surface area contributed by atoms with Crippen molar-refractivity contribution in [3.8, 4) is 0 Å². The van der Waals surface area contributed by atoms with Crippen molar-refractivity contribution >= 4 is 5.90 Å². The highest BCUT2D eigenvalue weighted by molar-refractivity contribution is 5.78. The van der Waals surface area contributed by atoms with E-state index in [1.807, 2.05) is 12.1 Å². The number of nitrogens with one attached hydrogen (secondary N) is 1. The van der Waals surface area contributed by atoms with E-state index in [0.29, 0.717) is 0 Å². The summed E-state index contributed by atoms with van der Waals surface area (Å²) in [7, 11) is 1.68. The number of allylic oxidation sites excluding steroid dienone is 1. The molecular formula is C17H26N2O2. The summed E-state index contributed by atoms with van der Waals surface area (Å²) in [4.78, 5) is 4.63. The van der Waals surface area contributed by atoms with Crippen LogP contribution in [0.2, 0.25) is 0 Å². The van der Waals surface area contributed by atoms with E-state index < -0.39 is 0 Å². The van der Waals surface area contributed by atoms with Crippen molar-refractivity contribution in [2.75, 3.05) is 7.11 Å². The molecule has 21 heavy (non-hydrogen) atoms. The van der Waals surface area contributed by atoms with Gasteiger partial charge in [-0.05, 0) is 45.4 Å². The maximum atomic E-state index is 5.66. The van der Waals surface area contributed by atoms with E-state index in [0.717, 1.165) is 30.2 Å². The fourth-order valence-corrected chi connectivity index (χ4v) is 2.63. The molecule has 0 saturated carbocycles. The van der Waals surface area contributed by atoms with E-state index in [1.165, 1.54) is 0 Å². The molecule has 0 aliphatic carbocycles. The zero-order chi connectivity index (χ0) is 15.5. The highest BCUT2D eigenvalue weighted by Gasteiger charge is 2.31. The molecule has 4 nitrogen and oxygen atoms in total. The van der Waals surface area contributed by atoms with Gasteiger partial charge in [0.05, 0.1) is 13.4 Å². The minimum atomic E-state index is 0.0163. The second-order valence-corrected chi connectivity index (χ2v) is 6.47. The number of aliphatic imine (C=N–C) groups is 1. The lowest BCUT2D eigenvalue weighted by atomic mass is 9.91. The predicted molar refractivity (Wildman–Crippen MR) is 85.6 cm³/mol. The van der Waals surface area contributed by atoms with Crippen molar-refractivity contribution in [1.29, 1.82) is 0 Å². The first-order chi connectivity index (χ1) is 9.93. The van der Waals surface area contributed by atoms with E-state index in [-0.39, 0.29) is 17.5 Å². The van der Waals surface area contributed by atoms with Crippen LogP contribution in [0.25, 0.3) is 0 Å². The Hall–Kier alpha value is -1.55. The summed E-state index contributed by atoms with van der Waals surface area (Å²) in [5.41, 5.74) is 1.07. The topological polar surface area (TPSA) is 46.8 Å². The van der Waals surface area contributed by atoms with Gasteiger partial charge in [0.2, 0.25) is 0 Å². The third kappa shape index (κ3) is 4.21. The first-order valence-corrected chi connectivity index (χ1v) is 7.56. The van der Waals surface area contributed by atoms with Gasteiger partial charge >= 0.3 is 0 Å². The molecule has 0 saturated heterocycles. The average molecular weight is 290 g/mol. The largest absolute Gasteiger partial charge is 0.484 e. The average Bonchev–Trinajstić information content (AvgIpc) is 2.87. The standard InChI is InChI=1S/C17H26N2O2/c1-6-12-10-14(19-17(2,3)4)13(11-16(18-12)20-5)15-8-7-9-21-15/h7-10,13-14,19H,6,11H2,1-5H3/t13-,14-/m0/s1. The van der Waals surface area contributed by atoms with Gasteiger partial charge in [-0.2, -0.15) is 0 Å². The molecule has 0 unspecified atom stereocenters. The zero-order valence-corrected chi connectivity index (χ0v) is 13.6. The molecule has 1 aromatic heterocycles. The molecule has 2 heterocycles. The Balaban J connectivity index is 2.37. The van der Waals surface area contributed by atoms with Gasteiger partial charge in [0, 0.05) is 29.6 Å². The molecule has 116 valence electrons. The minimum absolute atomic E-state index is 0.0163. The Kier molecular flexibility index (Phi) is 4.88. The van der Waals surface area contributed by atoms with Gasteiger partial charge in [0.15, 0.2) is 5.90 Å². The molecule has 1 aliphatic heterocycles. The van der Waals surface area contributed by atoms with Crippen LogP contribution in [0.5, 0.6) is 0 Å². The molecule has 0 amide bonds.